The topological polar surface area (TPSA) is 35.5 Å². The molecular formula is C17H28N2O. The molecule has 1 heterocycles. The van der Waals surface area contributed by atoms with Crippen molar-refractivity contribution in [3.63, 3.8) is 0 Å². The Kier molecular flexibility index (Phi) is 5.44. The van der Waals surface area contributed by atoms with Gasteiger partial charge in [0.05, 0.1) is 0 Å². The van der Waals surface area contributed by atoms with Gasteiger partial charge in [-0.2, -0.15) is 0 Å². The Morgan fingerprint density at radius 3 is 2.85 bits per heavy atom. The van der Waals surface area contributed by atoms with Crippen LogP contribution in [0.25, 0.3) is 0 Å². The predicted molar refractivity (Wildman–Crippen MR) is 83.8 cm³/mol. The minimum Gasteiger partial charge on any atom is -0.508 e. The van der Waals surface area contributed by atoms with Crippen LogP contribution >= 0.6 is 0 Å². The maximum Gasteiger partial charge on any atom is 0.115 e. The zero-order chi connectivity index (χ0) is 14.5. The average Bonchev–Trinajstić information content (AvgIpc) is 2.40. The smallest absolute Gasteiger partial charge is 0.115 e. The second-order valence-corrected chi connectivity index (χ2v) is 6.40. The first-order valence-electron chi connectivity index (χ1n) is 7.83. The molecule has 3 heteroatoms. The minimum atomic E-state index is 0.366. The molecule has 0 radical (unpaired) electrons. The molecule has 2 unspecified atom stereocenters. The Labute approximate surface area is 123 Å². The fraction of sp³-hybridized carbons (Fsp3) is 0.647. The number of benzene rings is 1. The zero-order valence-electron chi connectivity index (χ0n) is 13.0. The van der Waals surface area contributed by atoms with Crippen molar-refractivity contribution in [1.29, 1.82) is 0 Å². The molecule has 20 heavy (non-hydrogen) atoms. The number of rotatable bonds is 5. The van der Waals surface area contributed by atoms with E-state index in [1.54, 1.807) is 6.07 Å². The molecule has 1 aromatic carbocycles. The van der Waals surface area contributed by atoms with E-state index in [0.29, 0.717) is 23.8 Å². The summed E-state index contributed by atoms with van der Waals surface area (Å²) >= 11 is 0. The van der Waals surface area contributed by atoms with E-state index in [2.05, 4.69) is 37.1 Å². The van der Waals surface area contributed by atoms with E-state index in [4.69, 9.17) is 0 Å². The molecule has 0 amide bonds. The Balaban J connectivity index is 2.06. The third-order valence-corrected chi connectivity index (χ3v) is 4.15. The molecule has 2 N–H and O–H groups in total. The minimum absolute atomic E-state index is 0.366. The molecular weight excluding hydrogens is 248 g/mol. The van der Waals surface area contributed by atoms with Crippen molar-refractivity contribution in [2.45, 2.75) is 52.2 Å². The third-order valence-electron chi connectivity index (χ3n) is 4.15. The van der Waals surface area contributed by atoms with Crippen LogP contribution in [0, 0.1) is 5.92 Å². The van der Waals surface area contributed by atoms with Crippen molar-refractivity contribution >= 4 is 0 Å². The van der Waals surface area contributed by atoms with Crippen molar-refractivity contribution in [3.8, 4) is 5.75 Å². The van der Waals surface area contributed by atoms with E-state index in [1.807, 2.05) is 12.1 Å². The Morgan fingerprint density at radius 2 is 2.20 bits per heavy atom. The molecule has 112 valence electrons. The number of piperazine rings is 1. The highest BCUT2D eigenvalue weighted by Crippen LogP contribution is 2.20. The highest BCUT2D eigenvalue weighted by molar-refractivity contribution is 5.27. The van der Waals surface area contributed by atoms with Gasteiger partial charge in [0.1, 0.15) is 5.75 Å². The lowest BCUT2D eigenvalue weighted by molar-refractivity contribution is 0.105. The monoisotopic (exact) mass is 276 g/mol. The highest BCUT2D eigenvalue weighted by atomic mass is 16.3. The van der Waals surface area contributed by atoms with Crippen molar-refractivity contribution < 1.29 is 5.11 Å². The summed E-state index contributed by atoms with van der Waals surface area (Å²) in [6.07, 6.45) is 2.40. The number of phenolic OH excluding ortho intramolecular Hbond substituents is 1. The Bertz CT molecular complexity index is 419. The molecule has 0 spiro atoms. The van der Waals surface area contributed by atoms with E-state index >= 15 is 0 Å². The molecule has 2 rings (SSSR count). The van der Waals surface area contributed by atoms with Crippen LogP contribution < -0.4 is 5.32 Å². The lowest BCUT2D eigenvalue weighted by Crippen LogP contribution is -2.56. The van der Waals surface area contributed by atoms with E-state index < -0.39 is 0 Å². The quantitative estimate of drug-likeness (QED) is 0.868. The summed E-state index contributed by atoms with van der Waals surface area (Å²) in [5.41, 5.74) is 1.20. The summed E-state index contributed by atoms with van der Waals surface area (Å²) in [5, 5.41) is 13.3. The van der Waals surface area contributed by atoms with Gasteiger partial charge < -0.3 is 10.4 Å². The molecule has 1 aliphatic heterocycles. The second-order valence-electron chi connectivity index (χ2n) is 6.40. The summed E-state index contributed by atoms with van der Waals surface area (Å²) < 4.78 is 0. The van der Waals surface area contributed by atoms with Gasteiger partial charge in [0.2, 0.25) is 0 Å². The second kappa shape index (κ2) is 7.09. The fourth-order valence-corrected chi connectivity index (χ4v) is 3.06. The standard InChI is InChI=1S/C17H28N2O/c1-4-15-12-19(16(10-18-15)8-13(2)3)11-14-6-5-7-17(20)9-14/h5-7,9,13,15-16,18,20H,4,8,10-12H2,1-3H3. The van der Waals surface area contributed by atoms with Gasteiger partial charge in [-0.15, -0.1) is 0 Å². The van der Waals surface area contributed by atoms with Gasteiger partial charge >= 0.3 is 0 Å². The van der Waals surface area contributed by atoms with Gasteiger partial charge in [0, 0.05) is 31.7 Å². The van der Waals surface area contributed by atoms with Crippen molar-refractivity contribution in [3.05, 3.63) is 29.8 Å². The first kappa shape index (κ1) is 15.3. The Hall–Kier alpha value is -1.06. The van der Waals surface area contributed by atoms with Gasteiger partial charge in [-0.3, -0.25) is 4.90 Å². The van der Waals surface area contributed by atoms with Gasteiger partial charge in [-0.25, -0.2) is 0 Å². The molecule has 0 aromatic heterocycles. The molecule has 1 aromatic rings. The van der Waals surface area contributed by atoms with Crippen LogP contribution in [0.3, 0.4) is 0 Å². The van der Waals surface area contributed by atoms with Gasteiger partial charge in [-0.05, 0) is 36.5 Å². The predicted octanol–water partition coefficient (Wildman–Crippen LogP) is 2.99. The van der Waals surface area contributed by atoms with Crippen LogP contribution in [-0.4, -0.2) is 35.2 Å². The molecule has 3 nitrogen and oxygen atoms in total. The average molecular weight is 276 g/mol. The van der Waals surface area contributed by atoms with E-state index in [0.717, 1.165) is 19.6 Å². The SMILES string of the molecule is CCC1CN(Cc2cccc(O)c2)C(CC(C)C)CN1. The van der Waals surface area contributed by atoms with Crippen LogP contribution in [0.4, 0.5) is 0 Å². The van der Waals surface area contributed by atoms with Gasteiger partial charge in [-0.1, -0.05) is 32.9 Å². The number of aromatic hydroxyl groups is 1. The molecule has 1 saturated heterocycles. The van der Waals surface area contributed by atoms with Crippen molar-refractivity contribution in [2.24, 2.45) is 5.92 Å². The molecule has 1 fully saturated rings. The summed E-state index contributed by atoms with van der Waals surface area (Å²) in [5.74, 6) is 1.08. The first-order chi connectivity index (χ1) is 9.58. The van der Waals surface area contributed by atoms with Crippen LogP contribution in [-0.2, 0) is 6.54 Å². The maximum atomic E-state index is 9.62. The number of hydrogen-bond donors (Lipinski definition) is 2. The van der Waals surface area contributed by atoms with E-state index in [-0.39, 0.29) is 0 Å². The third kappa shape index (κ3) is 4.22. The molecule has 2 atom stereocenters. The van der Waals surface area contributed by atoms with Crippen LogP contribution in [0.1, 0.15) is 39.2 Å². The molecule has 0 saturated carbocycles. The van der Waals surface area contributed by atoms with Crippen LogP contribution in [0.15, 0.2) is 24.3 Å². The van der Waals surface area contributed by atoms with E-state index in [9.17, 15) is 5.11 Å². The zero-order valence-corrected chi connectivity index (χ0v) is 13.0. The largest absolute Gasteiger partial charge is 0.508 e. The van der Waals surface area contributed by atoms with Gasteiger partial charge in [0.25, 0.3) is 0 Å². The number of nitrogens with zero attached hydrogens (tertiary/aromatic N) is 1. The van der Waals surface area contributed by atoms with Crippen LogP contribution in [0.5, 0.6) is 5.75 Å². The summed E-state index contributed by atoms with van der Waals surface area (Å²) in [4.78, 5) is 2.58. The number of hydrogen-bond acceptors (Lipinski definition) is 3. The molecule has 0 bridgehead atoms. The normalized spacial score (nSPS) is 24.2. The molecule has 1 aliphatic rings. The number of phenols is 1. The van der Waals surface area contributed by atoms with Crippen molar-refractivity contribution in [2.75, 3.05) is 13.1 Å². The van der Waals surface area contributed by atoms with E-state index in [1.165, 1.54) is 18.4 Å². The number of nitrogens with one attached hydrogen (secondary N) is 1. The van der Waals surface area contributed by atoms with Crippen molar-refractivity contribution in [1.82, 2.24) is 10.2 Å². The van der Waals surface area contributed by atoms with Crippen LogP contribution in [0.2, 0.25) is 0 Å². The maximum absolute atomic E-state index is 9.62. The fourth-order valence-electron chi connectivity index (χ4n) is 3.06. The summed E-state index contributed by atoms with van der Waals surface area (Å²) in [6, 6.07) is 8.85. The lowest BCUT2D eigenvalue weighted by Gasteiger charge is -2.41. The summed E-state index contributed by atoms with van der Waals surface area (Å²) in [6.45, 7) is 9.94. The van der Waals surface area contributed by atoms with Gasteiger partial charge in [0.15, 0.2) is 0 Å². The summed E-state index contributed by atoms with van der Waals surface area (Å²) in [7, 11) is 0. The Morgan fingerprint density at radius 1 is 1.40 bits per heavy atom. The highest BCUT2D eigenvalue weighted by Gasteiger charge is 2.27. The molecule has 0 aliphatic carbocycles. The lowest BCUT2D eigenvalue weighted by atomic mass is 9.97. The first-order valence-corrected chi connectivity index (χ1v) is 7.83.